The van der Waals surface area contributed by atoms with Crippen LogP contribution in [0.25, 0.3) is 6.08 Å². The predicted molar refractivity (Wildman–Crippen MR) is 134 cm³/mol. The van der Waals surface area contributed by atoms with Gasteiger partial charge in [0.25, 0.3) is 0 Å². The van der Waals surface area contributed by atoms with Gasteiger partial charge in [0.1, 0.15) is 28.9 Å². The van der Waals surface area contributed by atoms with Crippen molar-refractivity contribution in [2.45, 2.75) is 26.2 Å². The van der Waals surface area contributed by atoms with Crippen LogP contribution < -0.4 is 19.9 Å². The molecule has 6 heteroatoms. The number of aryl methyl sites for hydroxylation is 1. The molecule has 2 N–H and O–H groups in total. The molecular weight excluding hydrogens is 440 g/mol. The Labute approximate surface area is 204 Å². The first kappa shape index (κ1) is 23.7. The maximum absolute atomic E-state index is 12.3. The van der Waals surface area contributed by atoms with Crippen LogP contribution in [0.5, 0.6) is 17.2 Å². The number of hydrogen-bond donors (Lipinski definition) is 1. The number of nitriles is 1. The fourth-order valence-electron chi connectivity index (χ4n) is 3.81. The van der Waals surface area contributed by atoms with Gasteiger partial charge in [0, 0.05) is 17.7 Å². The van der Waals surface area contributed by atoms with Crippen LogP contribution in [0.4, 0.5) is 0 Å². The average molecular weight is 467 g/mol. The second-order valence-electron chi connectivity index (χ2n) is 8.21. The van der Waals surface area contributed by atoms with E-state index in [0.29, 0.717) is 23.7 Å². The molecule has 0 bridgehead atoms. The molecule has 0 saturated heterocycles. The number of allylic oxidation sites excluding steroid dienone is 1. The predicted octanol–water partition coefficient (Wildman–Crippen LogP) is 5.62. The van der Waals surface area contributed by atoms with Crippen molar-refractivity contribution in [1.82, 2.24) is 0 Å². The molecule has 3 aromatic carbocycles. The molecule has 0 saturated carbocycles. The number of esters is 1. The monoisotopic (exact) mass is 466 g/mol. The molecule has 1 atom stereocenters. The third-order valence-corrected chi connectivity index (χ3v) is 5.58. The second-order valence-corrected chi connectivity index (χ2v) is 8.21. The fourth-order valence-corrected chi connectivity index (χ4v) is 3.81. The molecule has 1 aliphatic heterocycles. The minimum absolute atomic E-state index is 0.0269. The molecule has 0 aliphatic carbocycles. The van der Waals surface area contributed by atoms with Crippen LogP contribution in [0, 0.1) is 18.3 Å². The molecular formula is C29H26N2O4. The van der Waals surface area contributed by atoms with Gasteiger partial charge in [-0.3, -0.25) is 0 Å². The zero-order valence-corrected chi connectivity index (χ0v) is 19.7. The van der Waals surface area contributed by atoms with E-state index in [1.165, 1.54) is 6.08 Å². The summed E-state index contributed by atoms with van der Waals surface area (Å²) in [5.41, 5.74) is 10.1. The van der Waals surface area contributed by atoms with E-state index in [1.54, 1.807) is 24.3 Å². The van der Waals surface area contributed by atoms with Crippen LogP contribution in [-0.4, -0.2) is 12.6 Å². The van der Waals surface area contributed by atoms with Gasteiger partial charge in [0.2, 0.25) is 5.88 Å². The minimum Gasteiger partial charge on any atom is -0.494 e. The number of nitrogens with zero attached hydrogens (tertiary/aromatic N) is 1. The number of fused-ring (bicyclic) bond motifs is 1. The van der Waals surface area contributed by atoms with E-state index >= 15 is 0 Å². The summed E-state index contributed by atoms with van der Waals surface area (Å²) in [6.07, 6.45) is 3.99. The molecule has 1 unspecified atom stereocenters. The molecule has 35 heavy (non-hydrogen) atoms. The normalized spacial score (nSPS) is 14.7. The smallest absolute Gasteiger partial charge is 0.336 e. The Hall–Kier alpha value is -4.50. The van der Waals surface area contributed by atoms with Crippen molar-refractivity contribution in [3.63, 3.8) is 0 Å². The second kappa shape index (κ2) is 10.6. The van der Waals surface area contributed by atoms with Crippen LogP contribution in [0.1, 0.15) is 41.5 Å². The summed E-state index contributed by atoms with van der Waals surface area (Å²) in [6, 6.07) is 22.6. The first-order chi connectivity index (χ1) is 17.0. The molecule has 0 radical (unpaired) electrons. The maximum atomic E-state index is 12.3. The van der Waals surface area contributed by atoms with Gasteiger partial charge in [0.15, 0.2) is 0 Å². The number of carbonyl (C=O) groups excluding carboxylic acids is 1. The number of ether oxygens (including phenoxy) is 3. The third kappa shape index (κ3) is 5.53. The van der Waals surface area contributed by atoms with Crippen LogP contribution in [-0.2, 0) is 4.79 Å². The molecule has 3 aromatic rings. The van der Waals surface area contributed by atoms with Gasteiger partial charge in [-0.1, -0.05) is 55.0 Å². The molecule has 1 heterocycles. The maximum Gasteiger partial charge on any atom is 0.336 e. The number of carbonyl (C=O) groups is 1. The van der Waals surface area contributed by atoms with E-state index in [9.17, 15) is 10.1 Å². The zero-order valence-electron chi connectivity index (χ0n) is 19.7. The molecule has 0 amide bonds. The standard InChI is InChI=1S/C29H26N2O4/c1-3-16-33-22-11-9-21(10-12-22)28-24-14-13-23(17-26(24)35-29(31)25(28)18-30)34-27(32)15-8-20-6-4-19(2)5-7-20/h4-15,17,28H,3,16,31H2,1-2H3/b15-8+. The van der Waals surface area contributed by atoms with Crippen molar-refractivity contribution >= 4 is 12.0 Å². The van der Waals surface area contributed by atoms with Crippen molar-refractivity contribution in [2.24, 2.45) is 5.73 Å². The Morgan fingerprint density at radius 1 is 1.09 bits per heavy atom. The van der Waals surface area contributed by atoms with Crippen LogP contribution in [0.2, 0.25) is 0 Å². The summed E-state index contributed by atoms with van der Waals surface area (Å²) >= 11 is 0. The molecule has 0 spiro atoms. The Kier molecular flexibility index (Phi) is 7.18. The highest BCUT2D eigenvalue weighted by atomic mass is 16.5. The summed E-state index contributed by atoms with van der Waals surface area (Å²) in [6.45, 7) is 4.69. The summed E-state index contributed by atoms with van der Waals surface area (Å²) < 4.78 is 16.9. The quantitative estimate of drug-likeness (QED) is 0.276. The highest BCUT2D eigenvalue weighted by Gasteiger charge is 2.31. The van der Waals surface area contributed by atoms with E-state index in [0.717, 1.165) is 34.4 Å². The first-order valence-electron chi connectivity index (χ1n) is 11.4. The average Bonchev–Trinajstić information content (AvgIpc) is 2.86. The summed E-state index contributed by atoms with van der Waals surface area (Å²) in [5.74, 6) is 0.624. The van der Waals surface area contributed by atoms with Crippen molar-refractivity contribution in [1.29, 1.82) is 5.26 Å². The van der Waals surface area contributed by atoms with E-state index in [1.807, 2.05) is 62.4 Å². The van der Waals surface area contributed by atoms with Gasteiger partial charge in [0.05, 0.1) is 12.5 Å². The topological polar surface area (TPSA) is 94.6 Å². The Morgan fingerprint density at radius 3 is 2.49 bits per heavy atom. The molecule has 6 nitrogen and oxygen atoms in total. The zero-order chi connectivity index (χ0) is 24.8. The first-order valence-corrected chi connectivity index (χ1v) is 11.4. The molecule has 0 aromatic heterocycles. The van der Waals surface area contributed by atoms with Gasteiger partial charge in [-0.2, -0.15) is 5.26 Å². The summed E-state index contributed by atoms with van der Waals surface area (Å²) in [4.78, 5) is 12.3. The number of nitrogens with two attached hydrogens (primary N) is 1. The highest BCUT2D eigenvalue weighted by molar-refractivity contribution is 5.88. The molecule has 4 rings (SSSR count). The van der Waals surface area contributed by atoms with Crippen molar-refractivity contribution in [3.05, 3.63) is 107 Å². The molecule has 1 aliphatic rings. The lowest BCUT2D eigenvalue weighted by Gasteiger charge is -2.26. The van der Waals surface area contributed by atoms with Gasteiger partial charge >= 0.3 is 5.97 Å². The number of hydrogen-bond acceptors (Lipinski definition) is 6. The number of rotatable bonds is 7. The van der Waals surface area contributed by atoms with Crippen molar-refractivity contribution in [3.8, 4) is 23.3 Å². The van der Waals surface area contributed by atoms with Crippen LogP contribution >= 0.6 is 0 Å². The van der Waals surface area contributed by atoms with Crippen LogP contribution in [0.15, 0.2) is 84.3 Å². The lowest BCUT2D eigenvalue weighted by molar-refractivity contribution is -0.128. The van der Waals surface area contributed by atoms with E-state index in [4.69, 9.17) is 19.9 Å². The van der Waals surface area contributed by atoms with Gasteiger partial charge < -0.3 is 19.9 Å². The van der Waals surface area contributed by atoms with Crippen molar-refractivity contribution < 1.29 is 19.0 Å². The Balaban J connectivity index is 1.56. The SMILES string of the molecule is CCCOc1ccc(C2C(C#N)=C(N)Oc3cc(OC(=O)/C=C/c4ccc(C)cc4)ccc32)cc1. The Bertz CT molecular complexity index is 1320. The van der Waals surface area contributed by atoms with Crippen LogP contribution in [0.3, 0.4) is 0 Å². The summed E-state index contributed by atoms with van der Waals surface area (Å²) in [5, 5.41) is 9.76. The lowest BCUT2D eigenvalue weighted by Crippen LogP contribution is -2.21. The minimum atomic E-state index is -0.512. The highest BCUT2D eigenvalue weighted by Crippen LogP contribution is 2.43. The van der Waals surface area contributed by atoms with E-state index < -0.39 is 11.9 Å². The third-order valence-electron chi connectivity index (χ3n) is 5.58. The fraction of sp³-hybridized carbons (Fsp3) is 0.172. The van der Waals surface area contributed by atoms with E-state index in [2.05, 4.69) is 6.07 Å². The molecule has 176 valence electrons. The number of benzene rings is 3. The summed E-state index contributed by atoms with van der Waals surface area (Å²) in [7, 11) is 0. The van der Waals surface area contributed by atoms with Gasteiger partial charge in [-0.25, -0.2) is 4.79 Å². The lowest BCUT2D eigenvalue weighted by atomic mass is 9.83. The largest absolute Gasteiger partial charge is 0.494 e. The van der Waals surface area contributed by atoms with Gasteiger partial charge in [-0.05, 0) is 48.7 Å². The van der Waals surface area contributed by atoms with Crippen molar-refractivity contribution in [2.75, 3.05) is 6.61 Å². The molecule has 0 fully saturated rings. The van der Waals surface area contributed by atoms with E-state index in [-0.39, 0.29) is 5.88 Å². The van der Waals surface area contributed by atoms with Gasteiger partial charge in [-0.15, -0.1) is 0 Å². The Morgan fingerprint density at radius 2 is 1.80 bits per heavy atom.